The van der Waals surface area contributed by atoms with E-state index in [1.807, 2.05) is 29.2 Å². The van der Waals surface area contributed by atoms with Crippen LogP contribution < -0.4 is 15.5 Å². The van der Waals surface area contributed by atoms with Gasteiger partial charge in [0.05, 0.1) is 12.1 Å². The summed E-state index contributed by atoms with van der Waals surface area (Å²) in [4.78, 5) is 27.0. The van der Waals surface area contributed by atoms with Gasteiger partial charge < -0.3 is 15.5 Å². The summed E-state index contributed by atoms with van der Waals surface area (Å²) in [7, 11) is 0. The third-order valence-electron chi connectivity index (χ3n) is 5.17. The molecule has 0 radical (unpaired) electrons. The highest BCUT2D eigenvalue weighted by atomic mass is 19.4. The Morgan fingerprint density at radius 1 is 0.875 bits per heavy atom. The second-order valence-electron chi connectivity index (χ2n) is 7.46. The normalized spacial score (nSPS) is 12.9. The molecule has 32 heavy (non-hydrogen) atoms. The molecule has 3 aromatic carbocycles. The Morgan fingerprint density at radius 3 is 2.38 bits per heavy atom. The zero-order valence-corrected chi connectivity index (χ0v) is 16.9. The van der Waals surface area contributed by atoms with Crippen molar-refractivity contribution in [3.8, 4) is 0 Å². The maximum Gasteiger partial charge on any atom is 0.416 e. The van der Waals surface area contributed by atoms with Crippen LogP contribution in [0.25, 0.3) is 0 Å². The first-order valence-corrected chi connectivity index (χ1v) is 10.0. The summed E-state index contributed by atoms with van der Waals surface area (Å²) in [5.74, 6) is -0.800. The molecular formula is C24H20F3N3O2. The van der Waals surface area contributed by atoms with Crippen molar-refractivity contribution in [1.82, 2.24) is 0 Å². The molecule has 0 saturated heterocycles. The number of nitrogens with one attached hydrogen (secondary N) is 2. The van der Waals surface area contributed by atoms with Gasteiger partial charge in [-0.2, -0.15) is 13.2 Å². The quantitative estimate of drug-likeness (QED) is 0.591. The first kappa shape index (κ1) is 21.4. The van der Waals surface area contributed by atoms with Gasteiger partial charge in [0.15, 0.2) is 0 Å². The van der Waals surface area contributed by atoms with Gasteiger partial charge in [0.2, 0.25) is 5.91 Å². The average molecular weight is 439 g/mol. The molecule has 0 spiro atoms. The molecule has 4 rings (SSSR count). The molecule has 8 heteroatoms. The van der Waals surface area contributed by atoms with E-state index in [-0.39, 0.29) is 23.7 Å². The summed E-state index contributed by atoms with van der Waals surface area (Å²) < 4.78 is 38.6. The Balaban J connectivity index is 1.40. The van der Waals surface area contributed by atoms with Gasteiger partial charge in [-0.3, -0.25) is 9.59 Å². The number of nitrogens with zero attached hydrogens (tertiary/aromatic N) is 1. The number of carbonyl (C=O) groups is 2. The largest absolute Gasteiger partial charge is 0.416 e. The maximum absolute atomic E-state index is 12.9. The molecule has 0 unspecified atom stereocenters. The van der Waals surface area contributed by atoms with Crippen molar-refractivity contribution in [1.29, 1.82) is 0 Å². The molecule has 0 fully saturated rings. The van der Waals surface area contributed by atoms with E-state index in [0.29, 0.717) is 5.69 Å². The first-order valence-electron chi connectivity index (χ1n) is 10.0. The monoisotopic (exact) mass is 439 g/mol. The highest BCUT2D eigenvalue weighted by Gasteiger charge is 2.30. The van der Waals surface area contributed by atoms with Crippen molar-refractivity contribution in [3.63, 3.8) is 0 Å². The van der Waals surface area contributed by atoms with E-state index in [1.54, 1.807) is 12.1 Å². The standard InChI is InChI=1S/C24H20F3N3O2/c25-24(26,27)18-7-4-9-20(14-18)29-23(32)17-6-3-8-19(13-17)28-22(31)15-30-12-11-16-5-1-2-10-21(16)30/h1-10,13-14H,11-12,15H2,(H,28,31)(H,29,32). The van der Waals surface area contributed by atoms with Gasteiger partial charge in [-0.1, -0.05) is 30.3 Å². The van der Waals surface area contributed by atoms with Gasteiger partial charge in [0.25, 0.3) is 5.91 Å². The predicted molar refractivity (Wildman–Crippen MR) is 117 cm³/mol. The van der Waals surface area contributed by atoms with Crippen LogP contribution in [0.5, 0.6) is 0 Å². The lowest BCUT2D eigenvalue weighted by molar-refractivity contribution is -0.137. The highest BCUT2D eigenvalue weighted by molar-refractivity contribution is 6.05. The topological polar surface area (TPSA) is 61.4 Å². The SMILES string of the molecule is O=C(CN1CCc2ccccc21)Nc1cccc(C(=O)Nc2cccc(C(F)(F)F)c2)c1. The summed E-state index contributed by atoms with van der Waals surface area (Å²) in [5, 5.41) is 5.24. The number of hydrogen-bond acceptors (Lipinski definition) is 3. The van der Waals surface area contributed by atoms with Crippen molar-refractivity contribution < 1.29 is 22.8 Å². The highest BCUT2D eigenvalue weighted by Crippen LogP contribution is 2.31. The molecule has 0 bridgehead atoms. The van der Waals surface area contributed by atoms with Gasteiger partial charge in [-0.25, -0.2) is 0 Å². The van der Waals surface area contributed by atoms with Gasteiger partial charge in [0.1, 0.15) is 0 Å². The Bertz CT molecular complexity index is 1160. The molecule has 164 valence electrons. The second-order valence-corrected chi connectivity index (χ2v) is 7.46. The fourth-order valence-electron chi connectivity index (χ4n) is 3.66. The summed E-state index contributed by atoms with van der Waals surface area (Å²) in [6.45, 7) is 0.934. The summed E-state index contributed by atoms with van der Waals surface area (Å²) in [5.41, 5.74) is 2.07. The minimum absolute atomic E-state index is 0.0342. The number of amides is 2. The van der Waals surface area contributed by atoms with Crippen LogP contribution in [0.4, 0.5) is 30.2 Å². The average Bonchev–Trinajstić information content (AvgIpc) is 3.16. The van der Waals surface area contributed by atoms with E-state index in [2.05, 4.69) is 10.6 Å². The number of benzene rings is 3. The lowest BCUT2D eigenvalue weighted by atomic mass is 10.1. The fraction of sp³-hybridized carbons (Fsp3) is 0.167. The van der Waals surface area contributed by atoms with Crippen molar-refractivity contribution in [2.24, 2.45) is 0 Å². The predicted octanol–water partition coefficient (Wildman–Crippen LogP) is 4.96. The Hall–Kier alpha value is -3.81. The maximum atomic E-state index is 12.9. The van der Waals surface area contributed by atoms with E-state index < -0.39 is 17.6 Å². The van der Waals surface area contributed by atoms with E-state index in [0.717, 1.165) is 30.8 Å². The third-order valence-corrected chi connectivity index (χ3v) is 5.17. The summed E-state index contributed by atoms with van der Waals surface area (Å²) >= 11 is 0. The van der Waals surface area contributed by atoms with Crippen molar-refractivity contribution >= 4 is 28.9 Å². The Morgan fingerprint density at radius 2 is 1.59 bits per heavy atom. The van der Waals surface area contributed by atoms with Crippen LogP contribution >= 0.6 is 0 Å². The minimum Gasteiger partial charge on any atom is -0.362 e. The van der Waals surface area contributed by atoms with Gasteiger partial charge in [-0.05, 0) is 54.4 Å². The smallest absolute Gasteiger partial charge is 0.362 e. The summed E-state index contributed by atoms with van der Waals surface area (Å²) in [6.07, 6.45) is -3.62. The number of rotatable bonds is 5. The zero-order valence-electron chi connectivity index (χ0n) is 16.9. The Kier molecular flexibility index (Phi) is 5.85. The number of carbonyl (C=O) groups excluding carboxylic acids is 2. The molecule has 3 aromatic rings. The van der Waals surface area contributed by atoms with Crippen LogP contribution in [0.2, 0.25) is 0 Å². The lowest BCUT2D eigenvalue weighted by Crippen LogP contribution is -2.31. The number of anilines is 3. The van der Waals surface area contributed by atoms with Crippen LogP contribution in [0.15, 0.2) is 72.8 Å². The van der Waals surface area contributed by atoms with E-state index in [4.69, 9.17) is 0 Å². The van der Waals surface area contributed by atoms with Gasteiger partial charge >= 0.3 is 6.18 Å². The van der Waals surface area contributed by atoms with E-state index >= 15 is 0 Å². The molecule has 0 aromatic heterocycles. The van der Waals surface area contributed by atoms with Crippen LogP contribution in [-0.2, 0) is 17.4 Å². The Labute approximate surface area is 182 Å². The summed E-state index contributed by atoms with van der Waals surface area (Å²) in [6, 6.07) is 18.6. The second kappa shape index (κ2) is 8.74. The van der Waals surface area contributed by atoms with Crippen LogP contribution in [0.3, 0.4) is 0 Å². The van der Waals surface area contributed by atoms with Crippen molar-refractivity contribution in [2.75, 3.05) is 28.6 Å². The number of hydrogen-bond donors (Lipinski definition) is 2. The number of halogens is 3. The van der Waals surface area contributed by atoms with Crippen LogP contribution in [0, 0.1) is 0 Å². The molecule has 5 nitrogen and oxygen atoms in total. The zero-order chi connectivity index (χ0) is 22.7. The molecule has 0 atom stereocenters. The number of fused-ring (bicyclic) bond motifs is 1. The molecule has 1 aliphatic rings. The van der Waals surface area contributed by atoms with Gasteiger partial charge in [0, 0.05) is 29.2 Å². The molecule has 2 amide bonds. The molecule has 1 heterocycles. The number of para-hydroxylation sites is 1. The molecule has 0 aliphatic carbocycles. The molecular weight excluding hydrogens is 419 g/mol. The van der Waals surface area contributed by atoms with E-state index in [9.17, 15) is 22.8 Å². The first-order chi connectivity index (χ1) is 15.3. The van der Waals surface area contributed by atoms with E-state index in [1.165, 1.54) is 29.8 Å². The number of alkyl halides is 3. The van der Waals surface area contributed by atoms with Gasteiger partial charge in [-0.15, -0.1) is 0 Å². The molecule has 2 N–H and O–H groups in total. The van der Waals surface area contributed by atoms with Crippen molar-refractivity contribution in [3.05, 3.63) is 89.5 Å². The lowest BCUT2D eigenvalue weighted by Gasteiger charge is -2.18. The van der Waals surface area contributed by atoms with Crippen molar-refractivity contribution in [2.45, 2.75) is 12.6 Å². The minimum atomic E-state index is -4.50. The van der Waals surface area contributed by atoms with Crippen LogP contribution in [-0.4, -0.2) is 24.9 Å². The molecule has 0 saturated carbocycles. The third kappa shape index (κ3) is 4.91. The van der Waals surface area contributed by atoms with Crippen LogP contribution in [0.1, 0.15) is 21.5 Å². The fourth-order valence-corrected chi connectivity index (χ4v) is 3.66. The molecule has 1 aliphatic heterocycles.